The van der Waals surface area contributed by atoms with Crippen LogP contribution in [0.5, 0.6) is 0 Å². The molecule has 2 rings (SSSR count). The molecule has 7 heteroatoms. The summed E-state index contributed by atoms with van der Waals surface area (Å²) in [6.45, 7) is 8.70. The molecule has 1 aromatic rings. The van der Waals surface area contributed by atoms with E-state index in [1.54, 1.807) is 19.9 Å². The maximum Gasteiger partial charge on any atom is 0.152 e. The fourth-order valence-corrected chi connectivity index (χ4v) is 4.77. The number of ketones is 1. The predicted molar refractivity (Wildman–Crippen MR) is 115 cm³/mol. The van der Waals surface area contributed by atoms with Crippen LogP contribution in [-0.2, 0) is 25.8 Å². The highest BCUT2D eigenvalue weighted by molar-refractivity contribution is 7.91. The summed E-state index contributed by atoms with van der Waals surface area (Å²) in [4.78, 5) is 14.6. The molecule has 1 fully saturated rings. The van der Waals surface area contributed by atoms with E-state index in [2.05, 4.69) is 4.90 Å². The van der Waals surface area contributed by atoms with Crippen molar-refractivity contribution in [1.82, 2.24) is 0 Å². The molecule has 1 aromatic carbocycles. The van der Waals surface area contributed by atoms with Crippen LogP contribution < -0.4 is 4.90 Å². The standard InChI is InChI=1S/C22H34FNO4S/c1-16(2)29(26,27)11-7-5-6-8-21(25)12-19-9-10-20(23)13-22(19)24-14-17(3)28-18(4)15-24/h9-10,13,16-18H,5-8,11-12,14-15H2,1-4H3/t17-,18+. The van der Waals surface area contributed by atoms with Gasteiger partial charge in [-0.3, -0.25) is 4.79 Å². The molecule has 1 saturated heterocycles. The Hall–Kier alpha value is -1.47. The van der Waals surface area contributed by atoms with Gasteiger partial charge in [-0.15, -0.1) is 0 Å². The van der Waals surface area contributed by atoms with Gasteiger partial charge < -0.3 is 9.64 Å². The minimum atomic E-state index is -3.01. The van der Waals surface area contributed by atoms with E-state index in [1.165, 1.54) is 12.1 Å². The van der Waals surface area contributed by atoms with E-state index in [9.17, 15) is 17.6 Å². The van der Waals surface area contributed by atoms with Gasteiger partial charge in [-0.25, -0.2) is 12.8 Å². The highest BCUT2D eigenvalue weighted by Crippen LogP contribution is 2.26. The van der Waals surface area contributed by atoms with E-state index in [0.29, 0.717) is 38.8 Å². The van der Waals surface area contributed by atoms with Crippen LogP contribution in [0.3, 0.4) is 0 Å². The quantitative estimate of drug-likeness (QED) is 0.529. The second-order valence-electron chi connectivity index (χ2n) is 8.38. The van der Waals surface area contributed by atoms with E-state index in [0.717, 1.165) is 11.3 Å². The van der Waals surface area contributed by atoms with E-state index in [4.69, 9.17) is 4.74 Å². The van der Waals surface area contributed by atoms with Gasteiger partial charge in [0.25, 0.3) is 0 Å². The van der Waals surface area contributed by atoms with Gasteiger partial charge >= 0.3 is 0 Å². The van der Waals surface area contributed by atoms with E-state index < -0.39 is 9.84 Å². The minimum Gasteiger partial charge on any atom is -0.372 e. The van der Waals surface area contributed by atoms with Crippen molar-refractivity contribution in [1.29, 1.82) is 0 Å². The summed E-state index contributed by atoms with van der Waals surface area (Å²) in [7, 11) is -3.01. The number of carbonyl (C=O) groups excluding carboxylic acids is 1. The van der Waals surface area contributed by atoms with Crippen molar-refractivity contribution < 1.29 is 22.3 Å². The van der Waals surface area contributed by atoms with Crippen molar-refractivity contribution >= 4 is 21.3 Å². The van der Waals surface area contributed by atoms with Gasteiger partial charge in [0.15, 0.2) is 9.84 Å². The van der Waals surface area contributed by atoms with Gasteiger partial charge in [-0.05, 0) is 58.2 Å². The van der Waals surface area contributed by atoms with Gasteiger partial charge in [-0.2, -0.15) is 0 Å². The summed E-state index contributed by atoms with van der Waals surface area (Å²) >= 11 is 0. The maximum atomic E-state index is 13.9. The number of halogens is 1. The van der Waals surface area contributed by atoms with Crippen LogP contribution in [0, 0.1) is 5.82 Å². The lowest BCUT2D eigenvalue weighted by atomic mass is 10.0. The Morgan fingerprint density at radius 2 is 1.83 bits per heavy atom. The monoisotopic (exact) mass is 427 g/mol. The Morgan fingerprint density at radius 3 is 2.45 bits per heavy atom. The minimum absolute atomic E-state index is 0.0488. The number of carbonyl (C=O) groups is 1. The number of benzene rings is 1. The number of Topliss-reactive ketones (excluding diaryl/α,β-unsaturated/α-hetero) is 1. The smallest absolute Gasteiger partial charge is 0.152 e. The van der Waals surface area contributed by atoms with Gasteiger partial charge in [0.05, 0.1) is 23.2 Å². The van der Waals surface area contributed by atoms with E-state index >= 15 is 0 Å². The zero-order valence-electron chi connectivity index (χ0n) is 18.0. The van der Waals surface area contributed by atoms with Crippen molar-refractivity contribution in [2.45, 2.75) is 77.3 Å². The molecule has 1 heterocycles. The number of morpholine rings is 1. The molecule has 0 bridgehead atoms. The van der Waals surface area contributed by atoms with Gasteiger partial charge in [0.2, 0.25) is 0 Å². The number of unbranched alkanes of at least 4 members (excludes halogenated alkanes) is 2. The highest BCUT2D eigenvalue weighted by atomic mass is 32.2. The summed E-state index contributed by atoms with van der Waals surface area (Å²) < 4.78 is 43.3. The Kier molecular flexibility index (Phi) is 8.64. The van der Waals surface area contributed by atoms with Crippen molar-refractivity contribution in [2.24, 2.45) is 0 Å². The third kappa shape index (κ3) is 7.37. The SMILES string of the molecule is CC(C)S(=O)(=O)CCCCCC(=O)Cc1ccc(F)cc1N1C[C@@H](C)O[C@@H](C)C1. The second kappa shape index (κ2) is 10.5. The Bertz CT molecular complexity index is 784. The molecule has 2 atom stereocenters. The first-order valence-corrected chi connectivity index (χ1v) is 12.2. The summed E-state index contributed by atoms with van der Waals surface area (Å²) in [5, 5.41) is -0.355. The topological polar surface area (TPSA) is 63.7 Å². The lowest BCUT2D eigenvalue weighted by Gasteiger charge is -2.37. The molecule has 0 radical (unpaired) electrons. The van der Waals surface area contributed by atoms with Crippen molar-refractivity contribution in [3.05, 3.63) is 29.6 Å². The van der Waals surface area contributed by atoms with Crippen LogP contribution >= 0.6 is 0 Å². The number of hydrogen-bond acceptors (Lipinski definition) is 5. The van der Waals surface area contributed by atoms with Crippen LogP contribution in [0.4, 0.5) is 10.1 Å². The predicted octanol–water partition coefficient (Wildman–Crippen LogP) is 3.93. The largest absolute Gasteiger partial charge is 0.372 e. The number of ether oxygens (including phenoxy) is 1. The number of hydrogen-bond donors (Lipinski definition) is 0. The molecular formula is C22H34FNO4S. The van der Waals surface area contributed by atoms with Crippen molar-refractivity contribution in [3.63, 3.8) is 0 Å². The van der Waals surface area contributed by atoms with Crippen molar-refractivity contribution in [3.8, 4) is 0 Å². The molecule has 0 aliphatic carbocycles. The first kappa shape index (κ1) is 23.8. The zero-order chi connectivity index (χ0) is 21.6. The van der Waals surface area contributed by atoms with Gasteiger partial charge in [0.1, 0.15) is 11.6 Å². The van der Waals surface area contributed by atoms with Gasteiger partial charge in [0, 0.05) is 31.6 Å². The van der Waals surface area contributed by atoms with Crippen LogP contribution in [0.25, 0.3) is 0 Å². The molecule has 0 amide bonds. The third-order valence-electron chi connectivity index (χ3n) is 5.30. The van der Waals surface area contributed by atoms with Crippen LogP contribution in [-0.4, -0.2) is 50.5 Å². The highest BCUT2D eigenvalue weighted by Gasteiger charge is 2.25. The molecule has 0 N–H and O–H groups in total. The van der Waals surface area contributed by atoms with E-state index in [-0.39, 0.29) is 41.2 Å². The average Bonchev–Trinajstić information content (AvgIpc) is 2.61. The second-order valence-corrected chi connectivity index (χ2v) is 11.1. The average molecular weight is 428 g/mol. The number of rotatable bonds is 10. The van der Waals surface area contributed by atoms with Crippen LogP contribution in [0.2, 0.25) is 0 Å². The fourth-order valence-electron chi connectivity index (χ4n) is 3.69. The molecule has 164 valence electrons. The summed E-state index contributed by atoms with van der Waals surface area (Å²) in [5.41, 5.74) is 1.60. The molecule has 5 nitrogen and oxygen atoms in total. The molecule has 0 saturated carbocycles. The van der Waals surface area contributed by atoms with Crippen LogP contribution in [0.15, 0.2) is 18.2 Å². The summed E-state index contributed by atoms with van der Waals surface area (Å²) in [5.74, 6) is -0.0396. The number of sulfone groups is 1. The summed E-state index contributed by atoms with van der Waals surface area (Å²) in [6.07, 6.45) is 2.75. The molecule has 0 spiro atoms. The molecule has 1 aliphatic rings. The lowest BCUT2D eigenvalue weighted by Crippen LogP contribution is -2.46. The van der Waals surface area contributed by atoms with Crippen molar-refractivity contribution in [2.75, 3.05) is 23.7 Å². The first-order valence-electron chi connectivity index (χ1n) is 10.5. The molecule has 1 aliphatic heterocycles. The normalized spacial score (nSPS) is 20.3. The maximum absolute atomic E-state index is 13.9. The Morgan fingerprint density at radius 1 is 1.17 bits per heavy atom. The number of anilines is 1. The molecule has 0 unspecified atom stereocenters. The summed E-state index contributed by atoms with van der Waals surface area (Å²) in [6, 6.07) is 4.60. The van der Waals surface area contributed by atoms with Crippen LogP contribution in [0.1, 0.15) is 58.9 Å². The Labute approximate surface area is 174 Å². The Balaban J connectivity index is 1.90. The first-order chi connectivity index (χ1) is 13.6. The molecular weight excluding hydrogens is 393 g/mol. The molecule has 0 aromatic heterocycles. The van der Waals surface area contributed by atoms with Gasteiger partial charge in [-0.1, -0.05) is 12.5 Å². The third-order valence-corrected chi connectivity index (χ3v) is 7.59. The van der Waals surface area contributed by atoms with E-state index in [1.807, 2.05) is 13.8 Å². The fraction of sp³-hybridized carbons (Fsp3) is 0.682. The number of nitrogens with zero attached hydrogens (tertiary/aromatic N) is 1. The lowest BCUT2D eigenvalue weighted by molar-refractivity contribution is -0.118. The zero-order valence-corrected chi connectivity index (χ0v) is 18.8. The molecule has 29 heavy (non-hydrogen) atoms.